The van der Waals surface area contributed by atoms with Crippen molar-refractivity contribution >= 4 is 11.8 Å². The largest absolute Gasteiger partial charge is 0.383 e. The molecule has 1 aromatic carbocycles. The molecule has 0 radical (unpaired) electrons. The molecule has 0 spiro atoms. The normalized spacial score (nSPS) is 15.3. The van der Waals surface area contributed by atoms with Crippen molar-refractivity contribution in [3.8, 4) is 0 Å². The summed E-state index contributed by atoms with van der Waals surface area (Å²) in [6.45, 7) is 0.918. The highest BCUT2D eigenvalue weighted by Gasteiger charge is 2.17. The van der Waals surface area contributed by atoms with Gasteiger partial charge in [-0.2, -0.15) is 0 Å². The van der Waals surface area contributed by atoms with E-state index in [9.17, 15) is 9.59 Å². The van der Waals surface area contributed by atoms with Gasteiger partial charge in [-0.05, 0) is 31.0 Å². The first-order chi connectivity index (χ1) is 10.7. The van der Waals surface area contributed by atoms with Crippen molar-refractivity contribution in [2.24, 2.45) is 0 Å². The molecule has 0 aliphatic heterocycles. The van der Waals surface area contributed by atoms with Gasteiger partial charge in [0.2, 0.25) is 0 Å². The number of methoxy groups -OCH3 is 1. The number of ether oxygens (including phenoxy) is 1. The van der Waals surface area contributed by atoms with Gasteiger partial charge in [-0.3, -0.25) is 9.59 Å². The van der Waals surface area contributed by atoms with Gasteiger partial charge < -0.3 is 15.4 Å². The van der Waals surface area contributed by atoms with Gasteiger partial charge >= 0.3 is 0 Å². The predicted octanol–water partition coefficient (Wildman–Crippen LogP) is 2.13. The van der Waals surface area contributed by atoms with E-state index in [1.54, 1.807) is 31.4 Å². The number of carbonyl (C=O) groups is 2. The SMILES string of the molecule is COCCNC(=O)c1cccc(C(=O)NC2CCCCC2)c1. The molecule has 2 amide bonds. The number of carbonyl (C=O) groups excluding carboxylic acids is 2. The minimum absolute atomic E-state index is 0.0987. The molecule has 1 aliphatic rings. The first kappa shape index (κ1) is 16.5. The van der Waals surface area contributed by atoms with Crippen LogP contribution in [0.25, 0.3) is 0 Å². The maximum Gasteiger partial charge on any atom is 0.251 e. The molecule has 5 nitrogen and oxygen atoms in total. The summed E-state index contributed by atoms with van der Waals surface area (Å²) in [6, 6.07) is 7.09. The van der Waals surface area contributed by atoms with E-state index >= 15 is 0 Å². The number of benzene rings is 1. The van der Waals surface area contributed by atoms with E-state index in [-0.39, 0.29) is 17.9 Å². The molecule has 0 bridgehead atoms. The minimum atomic E-state index is -0.190. The van der Waals surface area contributed by atoms with Crippen LogP contribution in [0.2, 0.25) is 0 Å². The summed E-state index contributed by atoms with van der Waals surface area (Å²) in [7, 11) is 1.59. The third-order valence-electron chi connectivity index (χ3n) is 3.92. The molecule has 1 fully saturated rings. The Labute approximate surface area is 131 Å². The Balaban J connectivity index is 1.94. The lowest BCUT2D eigenvalue weighted by Gasteiger charge is -2.22. The van der Waals surface area contributed by atoms with Crippen LogP contribution in [0.5, 0.6) is 0 Å². The van der Waals surface area contributed by atoms with E-state index in [4.69, 9.17) is 4.74 Å². The molecule has 0 aromatic heterocycles. The van der Waals surface area contributed by atoms with Crippen molar-refractivity contribution in [2.45, 2.75) is 38.1 Å². The lowest BCUT2D eigenvalue weighted by molar-refractivity contribution is 0.0927. The van der Waals surface area contributed by atoms with Gasteiger partial charge in [0.15, 0.2) is 0 Å². The maximum absolute atomic E-state index is 12.3. The lowest BCUT2D eigenvalue weighted by Crippen LogP contribution is -2.36. The van der Waals surface area contributed by atoms with Crippen molar-refractivity contribution < 1.29 is 14.3 Å². The Kier molecular flexibility index (Phi) is 6.40. The zero-order chi connectivity index (χ0) is 15.8. The van der Waals surface area contributed by atoms with Crippen LogP contribution in [0.3, 0.4) is 0 Å². The highest BCUT2D eigenvalue weighted by molar-refractivity contribution is 5.99. The topological polar surface area (TPSA) is 67.4 Å². The maximum atomic E-state index is 12.3. The monoisotopic (exact) mass is 304 g/mol. The van der Waals surface area contributed by atoms with Crippen LogP contribution in [0, 0.1) is 0 Å². The molecule has 0 unspecified atom stereocenters. The number of amides is 2. The van der Waals surface area contributed by atoms with Gasteiger partial charge in [-0.25, -0.2) is 0 Å². The van der Waals surface area contributed by atoms with Crippen LogP contribution < -0.4 is 10.6 Å². The third kappa shape index (κ3) is 4.84. The van der Waals surface area contributed by atoms with Crippen LogP contribution in [0.15, 0.2) is 24.3 Å². The number of hydrogen-bond acceptors (Lipinski definition) is 3. The second-order valence-corrected chi connectivity index (χ2v) is 5.64. The van der Waals surface area contributed by atoms with Crippen LogP contribution in [-0.4, -0.2) is 38.1 Å². The van der Waals surface area contributed by atoms with Gasteiger partial charge in [-0.1, -0.05) is 25.3 Å². The molecule has 1 aliphatic carbocycles. The van der Waals surface area contributed by atoms with Gasteiger partial charge in [0.1, 0.15) is 0 Å². The van der Waals surface area contributed by atoms with E-state index in [0.29, 0.717) is 24.3 Å². The van der Waals surface area contributed by atoms with Crippen molar-refractivity contribution in [1.82, 2.24) is 10.6 Å². The van der Waals surface area contributed by atoms with Gasteiger partial charge in [-0.15, -0.1) is 0 Å². The number of hydrogen-bond donors (Lipinski definition) is 2. The van der Waals surface area contributed by atoms with Gasteiger partial charge in [0, 0.05) is 30.8 Å². The standard InChI is InChI=1S/C17H24N2O3/c1-22-11-10-18-16(20)13-6-5-7-14(12-13)17(21)19-15-8-3-2-4-9-15/h5-7,12,15H,2-4,8-11H2,1H3,(H,18,20)(H,19,21). The van der Waals surface area contributed by atoms with E-state index in [0.717, 1.165) is 12.8 Å². The second kappa shape index (κ2) is 8.54. The van der Waals surface area contributed by atoms with Crippen molar-refractivity contribution in [3.63, 3.8) is 0 Å². The summed E-state index contributed by atoms with van der Waals surface area (Å²) >= 11 is 0. The fraction of sp³-hybridized carbons (Fsp3) is 0.529. The zero-order valence-corrected chi connectivity index (χ0v) is 13.1. The van der Waals surface area contributed by atoms with E-state index in [1.807, 2.05) is 0 Å². The smallest absolute Gasteiger partial charge is 0.251 e. The molecule has 1 aromatic rings. The number of rotatable bonds is 6. The molecule has 0 saturated heterocycles. The highest BCUT2D eigenvalue weighted by Crippen LogP contribution is 2.18. The van der Waals surface area contributed by atoms with Crippen LogP contribution in [0.1, 0.15) is 52.8 Å². The summed E-state index contributed by atoms with van der Waals surface area (Å²) in [5, 5.41) is 5.81. The van der Waals surface area contributed by atoms with Crippen molar-refractivity contribution in [2.75, 3.05) is 20.3 Å². The van der Waals surface area contributed by atoms with Crippen molar-refractivity contribution in [1.29, 1.82) is 0 Å². The highest BCUT2D eigenvalue weighted by atomic mass is 16.5. The van der Waals surface area contributed by atoms with Crippen molar-refractivity contribution in [3.05, 3.63) is 35.4 Å². The molecular weight excluding hydrogens is 280 g/mol. The quantitative estimate of drug-likeness (QED) is 0.791. The first-order valence-electron chi connectivity index (χ1n) is 7.89. The van der Waals surface area contributed by atoms with E-state index in [1.165, 1.54) is 19.3 Å². The summed E-state index contributed by atoms with van der Waals surface area (Å²) in [5.74, 6) is -0.289. The molecular formula is C17H24N2O3. The first-order valence-corrected chi connectivity index (χ1v) is 7.89. The molecule has 5 heteroatoms. The van der Waals surface area contributed by atoms with Crippen LogP contribution >= 0.6 is 0 Å². The predicted molar refractivity (Wildman–Crippen MR) is 85.0 cm³/mol. The van der Waals surface area contributed by atoms with Crippen LogP contribution in [-0.2, 0) is 4.74 Å². The lowest BCUT2D eigenvalue weighted by atomic mass is 9.95. The third-order valence-corrected chi connectivity index (χ3v) is 3.92. The van der Waals surface area contributed by atoms with Gasteiger partial charge in [0.25, 0.3) is 11.8 Å². The molecule has 22 heavy (non-hydrogen) atoms. The average molecular weight is 304 g/mol. The summed E-state index contributed by atoms with van der Waals surface area (Å²) < 4.78 is 4.90. The van der Waals surface area contributed by atoms with E-state index in [2.05, 4.69) is 10.6 Å². The number of nitrogens with one attached hydrogen (secondary N) is 2. The minimum Gasteiger partial charge on any atom is -0.383 e. The summed E-state index contributed by atoms with van der Waals surface area (Å²) in [6.07, 6.45) is 5.69. The Bertz CT molecular complexity index is 510. The van der Waals surface area contributed by atoms with E-state index < -0.39 is 0 Å². The fourth-order valence-electron chi connectivity index (χ4n) is 2.69. The Morgan fingerprint density at radius 3 is 2.50 bits per heavy atom. The molecule has 0 heterocycles. The Morgan fingerprint density at radius 1 is 1.14 bits per heavy atom. The molecule has 2 N–H and O–H groups in total. The zero-order valence-electron chi connectivity index (χ0n) is 13.1. The summed E-state index contributed by atoms with van der Waals surface area (Å²) in [5.41, 5.74) is 1.03. The average Bonchev–Trinajstić information content (AvgIpc) is 2.56. The fourth-order valence-corrected chi connectivity index (χ4v) is 2.69. The van der Waals surface area contributed by atoms with Gasteiger partial charge in [0.05, 0.1) is 6.61 Å². The van der Waals surface area contributed by atoms with Crippen LogP contribution in [0.4, 0.5) is 0 Å². The second-order valence-electron chi connectivity index (χ2n) is 5.64. The summed E-state index contributed by atoms with van der Waals surface area (Å²) in [4.78, 5) is 24.3. The molecule has 0 atom stereocenters. The Morgan fingerprint density at radius 2 is 1.82 bits per heavy atom. The molecule has 2 rings (SSSR count). The Hall–Kier alpha value is -1.88. The molecule has 120 valence electrons. The molecule has 1 saturated carbocycles.